The molecule has 0 aliphatic carbocycles. The number of thioether (sulfide) groups is 1. The molecule has 1 aliphatic heterocycles. The van der Waals surface area contributed by atoms with Crippen LogP contribution in [0.15, 0.2) is 47.4 Å². The number of aromatic hydroxyl groups is 2. The Morgan fingerprint density at radius 2 is 1.53 bits per heavy atom. The average molecular weight is 513 g/mol. The molecule has 1 heterocycles. The minimum atomic E-state index is -0.623. The number of unbranched alkanes of at least 4 members (excludes halogenated alkanes) is 7. The Labute approximate surface area is 221 Å². The number of carbonyl (C=O) groups is 1. The Hall–Kier alpha value is -2.14. The highest BCUT2D eigenvalue weighted by atomic mass is 32.2. The van der Waals surface area contributed by atoms with E-state index in [0.717, 1.165) is 63.5 Å². The summed E-state index contributed by atoms with van der Waals surface area (Å²) in [5.74, 6) is 1.13. The topological polar surface area (TPSA) is 77.8 Å². The van der Waals surface area contributed by atoms with E-state index in [1.54, 1.807) is 12.1 Å². The molecule has 2 aromatic rings. The second-order valence-corrected chi connectivity index (χ2v) is 11.8. The number of phenols is 2. The van der Waals surface area contributed by atoms with E-state index in [-0.39, 0.29) is 11.3 Å². The summed E-state index contributed by atoms with van der Waals surface area (Å²) < 4.78 is 0. The molecule has 0 bridgehead atoms. The summed E-state index contributed by atoms with van der Waals surface area (Å²) in [5.41, 5.74) is 2.54. The van der Waals surface area contributed by atoms with Crippen LogP contribution in [0.5, 0.6) is 11.5 Å². The Morgan fingerprint density at radius 1 is 0.917 bits per heavy atom. The van der Waals surface area contributed by atoms with Gasteiger partial charge in [0, 0.05) is 16.1 Å². The number of rotatable bonds is 15. The molecular formula is C31H44O4S. The summed E-state index contributed by atoms with van der Waals surface area (Å²) in [7, 11) is 0. The Kier molecular flexibility index (Phi) is 11.0. The van der Waals surface area contributed by atoms with Gasteiger partial charge >= 0.3 is 5.97 Å². The molecule has 5 heteroatoms. The molecule has 0 spiro atoms. The van der Waals surface area contributed by atoms with Crippen LogP contribution in [0.25, 0.3) is 0 Å². The predicted octanol–water partition coefficient (Wildman–Crippen LogP) is 8.65. The van der Waals surface area contributed by atoms with Gasteiger partial charge in [-0.3, -0.25) is 4.79 Å². The first-order chi connectivity index (χ1) is 17.3. The number of hydrogen-bond donors (Lipinski definition) is 3. The van der Waals surface area contributed by atoms with Gasteiger partial charge in [-0.2, -0.15) is 0 Å². The van der Waals surface area contributed by atoms with Crippen LogP contribution in [0.4, 0.5) is 0 Å². The van der Waals surface area contributed by atoms with Crippen molar-refractivity contribution >= 4 is 17.7 Å². The molecule has 0 saturated heterocycles. The summed E-state index contributed by atoms with van der Waals surface area (Å²) >= 11 is 1.81. The maximum atomic E-state index is 11.5. The van der Waals surface area contributed by atoms with E-state index in [1.165, 1.54) is 35.3 Å². The molecule has 3 rings (SSSR count). The van der Waals surface area contributed by atoms with Gasteiger partial charge in [0.25, 0.3) is 0 Å². The minimum Gasteiger partial charge on any atom is -0.508 e. The van der Waals surface area contributed by atoms with E-state index in [0.29, 0.717) is 17.4 Å². The van der Waals surface area contributed by atoms with Gasteiger partial charge in [0.15, 0.2) is 0 Å². The van der Waals surface area contributed by atoms with Crippen molar-refractivity contribution in [2.75, 3.05) is 5.75 Å². The van der Waals surface area contributed by atoms with Gasteiger partial charge in [0.05, 0.1) is 5.92 Å². The molecule has 3 atom stereocenters. The van der Waals surface area contributed by atoms with Crippen molar-refractivity contribution in [3.05, 3.63) is 53.6 Å². The number of carboxylic acid groups (broad SMARTS) is 1. The average Bonchev–Trinajstić information content (AvgIpc) is 2.86. The molecule has 0 saturated carbocycles. The van der Waals surface area contributed by atoms with Crippen molar-refractivity contribution in [1.82, 2.24) is 0 Å². The number of benzene rings is 2. The first kappa shape index (κ1) is 28.4. The summed E-state index contributed by atoms with van der Waals surface area (Å²) in [6, 6.07) is 13.5. The highest BCUT2D eigenvalue weighted by Crippen LogP contribution is 2.52. The van der Waals surface area contributed by atoms with Gasteiger partial charge in [-0.15, -0.1) is 11.8 Å². The normalized spacial score (nSPS) is 20.1. The van der Waals surface area contributed by atoms with Gasteiger partial charge in [-0.05, 0) is 60.6 Å². The lowest BCUT2D eigenvalue weighted by Crippen LogP contribution is -2.36. The summed E-state index contributed by atoms with van der Waals surface area (Å²) in [5, 5.41) is 29.3. The Bertz CT molecular complexity index is 958. The number of hydrogen-bond acceptors (Lipinski definition) is 4. The molecular weight excluding hydrogens is 468 g/mol. The van der Waals surface area contributed by atoms with Crippen LogP contribution in [-0.2, 0) is 10.2 Å². The van der Waals surface area contributed by atoms with Crippen LogP contribution in [0, 0.1) is 5.92 Å². The van der Waals surface area contributed by atoms with Crippen LogP contribution >= 0.6 is 11.8 Å². The van der Waals surface area contributed by atoms with E-state index in [2.05, 4.69) is 32.0 Å². The lowest BCUT2D eigenvalue weighted by atomic mass is 9.68. The second kappa shape index (κ2) is 14.0. The van der Waals surface area contributed by atoms with E-state index in [1.807, 2.05) is 23.9 Å². The van der Waals surface area contributed by atoms with Gasteiger partial charge in [0.1, 0.15) is 11.5 Å². The zero-order chi connectivity index (χ0) is 26.0. The van der Waals surface area contributed by atoms with E-state index in [9.17, 15) is 20.1 Å². The number of aliphatic carboxylic acids is 1. The zero-order valence-electron chi connectivity index (χ0n) is 22.0. The van der Waals surface area contributed by atoms with Crippen LogP contribution in [-0.4, -0.2) is 27.0 Å². The third-order valence-corrected chi connectivity index (χ3v) is 9.41. The monoisotopic (exact) mass is 512 g/mol. The Balaban J connectivity index is 1.50. The molecule has 1 unspecified atom stereocenters. The van der Waals surface area contributed by atoms with Gasteiger partial charge in [-0.25, -0.2) is 0 Å². The molecule has 0 amide bonds. The van der Waals surface area contributed by atoms with Crippen LogP contribution in [0.3, 0.4) is 0 Å². The SMILES string of the molecule is CCCCCC(CCCCCCCC[C@@H]1c2ccc(O)cc2SC[C@]1(C)c1ccc(O)cc1)C(=O)O. The maximum absolute atomic E-state index is 11.5. The summed E-state index contributed by atoms with van der Waals surface area (Å²) in [6.45, 7) is 4.49. The van der Waals surface area contributed by atoms with Crippen molar-refractivity contribution < 1.29 is 20.1 Å². The second-order valence-electron chi connectivity index (χ2n) is 10.8. The number of phenolic OH excluding ortho intramolecular Hbond substituents is 2. The maximum Gasteiger partial charge on any atom is 0.306 e. The van der Waals surface area contributed by atoms with Crippen LogP contribution < -0.4 is 0 Å². The summed E-state index contributed by atoms with van der Waals surface area (Å²) in [6.07, 6.45) is 12.8. The number of fused-ring (bicyclic) bond motifs is 1. The predicted molar refractivity (Wildman–Crippen MR) is 149 cm³/mol. The van der Waals surface area contributed by atoms with Crippen LogP contribution in [0.2, 0.25) is 0 Å². The molecule has 2 aromatic carbocycles. The molecule has 4 nitrogen and oxygen atoms in total. The number of carboxylic acids is 1. The zero-order valence-corrected chi connectivity index (χ0v) is 22.9. The highest BCUT2D eigenvalue weighted by Gasteiger charge is 2.41. The molecule has 0 fully saturated rings. The van der Waals surface area contributed by atoms with Crippen molar-refractivity contribution in [2.45, 2.75) is 107 Å². The van der Waals surface area contributed by atoms with Gasteiger partial charge in [0.2, 0.25) is 0 Å². The third kappa shape index (κ3) is 7.68. The van der Waals surface area contributed by atoms with Crippen LogP contribution in [0.1, 0.15) is 108 Å². The van der Waals surface area contributed by atoms with Crippen molar-refractivity contribution in [3.63, 3.8) is 0 Å². The standard InChI is InChI=1S/C31H44O4S/c1-3-4-9-12-23(30(34)35)13-10-7-5-6-8-11-14-28-27-20-19-26(33)21-29(27)36-22-31(28,2)24-15-17-25(32)18-16-24/h15-21,23,28,32-33H,3-14,22H2,1-2H3,(H,34,35)/t23?,28-,31-/m1/s1. The van der Waals surface area contributed by atoms with Gasteiger partial charge in [-0.1, -0.05) is 89.8 Å². The minimum absolute atomic E-state index is 0.0358. The van der Waals surface area contributed by atoms with Crippen molar-refractivity contribution in [3.8, 4) is 11.5 Å². The lowest BCUT2D eigenvalue weighted by Gasteiger charge is -2.43. The highest BCUT2D eigenvalue weighted by molar-refractivity contribution is 7.99. The fourth-order valence-electron chi connectivity index (χ4n) is 5.69. The van der Waals surface area contributed by atoms with E-state index in [4.69, 9.17) is 0 Å². The van der Waals surface area contributed by atoms with Crippen molar-refractivity contribution in [1.29, 1.82) is 0 Å². The molecule has 36 heavy (non-hydrogen) atoms. The quantitative estimate of drug-likeness (QED) is 0.208. The summed E-state index contributed by atoms with van der Waals surface area (Å²) in [4.78, 5) is 12.7. The molecule has 3 N–H and O–H groups in total. The fourth-order valence-corrected chi connectivity index (χ4v) is 7.09. The van der Waals surface area contributed by atoms with Gasteiger partial charge < -0.3 is 15.3 Å². The largest absolute Gasteiger partial charge is 0.508 e. The third-order valence-electron chi connectivity index (χ3n) is 8.00. The first-order valence-electron chi connectivity index (χ1n) is 13.8. The van der Waals surface area contributed by atoms with E-state index < -0.39 is 5.97 Å². The molecule has 198 valence electrons. The van der Waals surface area contributed by atoms with Crippen molar-refractivity contribution in [2.24, 2.45) is 5.92 Å². The molecule has 1 aliphatic rings. The fraction of sp³-hybridized carbons (Fsp3) is 0.581. The lowest BCUT2D eigenvalue weighted by molar-refractivity contribution is -0.142. The smallest absolute Gasteiger partial charge is 0.306 e. The molecule has 0 radical (unpaired) electrons. The first-order valence-corrected chi connectivity index (χ1v) is 14.8. The van der Waals surface area contributed by atoms with E-state index >= 15 is 0 Å². The molecule has 0 aromatic heterocycles. The Morgan fingerprint density at radius 3 is 2.19 bits per heavy atom.